The zero-order valence-corrected chi connectivity index (χ0v) is 11.9. The van der Waals surface area contributed by atoms with Crippen LogP contribution in [0.15, 0.2) is 42.6 Å². The van der Waals surface area contributed by atoms with Gasteiger partial charge in [0.25, 0.3) is 0 Å². The molecule has 20 heavy (non-hydrogen) atoms. The van der Waals surface area contributed by atoms with Gasteiger partial charge in [-0.05, 0) is 31.7 Å². The molecule has 0 fully saturated rings. The van der Waals surface area contributed by atoms with E-state index in [9.17, 15) is 0 Å². The molecule has 0 spiro atoms. The molecule has 0 saturated carbocycles. The number of aromatic nitrogens is 1. The Balaban J connectivity index is 2.21. The van der Waals surface area contributed by atoms with Gasteiger partial charge in [-0.2, -0.15) is 0 Å². The van der Waals surface area contributed by atoms with Crippen molar-refractivity contribution >= 4 is 0 Å². The molecule has 106 valence electrons. The van der Waals surface area contributed by atoms with E-state index in [0.29, 0.717) is 18.2 Å². The molecule has 0 saturated heterocycles. The van der Waals surface area contributed by atoms with Crippen LogP contribution in [0.4, 0.5) is 0 Å². The standard InChI is InChI=1S/C16H20N2O2/c1-3-17-12-13-8-7-11-18-16(13)20-15-10-6-5-9-14(15)19-4-2/h5-11,17H,3-4,12H2,1-2H3. The van der Waals surface area contributed by atoms with Crippen LogP contribution >= 0.6 is 0 Å². The lowest BCUT2D eigenvalue weighted by Gasteiger charge is -2.13. The van der Waals surface area contributed by atoms with Crippen LogP contribution in [0.3, 0.4) is 0 Å². The smallest absolute Gasteiger partial charge is 0.223 e. The number of para-hydroxylation sites is 2. The average molecular weight is 272 g/mol. The van der Waals surface area contributed by atoms with Gasteiger partial charge in [0.1, 0.15) is 0 Å². The molecule has 1 N–H and O–H groups in total. The van der Waals surface area contributed by atoms with E-state index in [-0.39, 0.29) is 0 Å². The summed E-state index contributed by atoms with van der Waals surface area (Å²) in [4.78, 5) is 4.31. The summed E-state index contributed by atoms with van der Waals surface area (Å²) in [6.07, 6.45) is 1.73. The topological polar surface area (TPSA) is 43.4 Å². The van der Waals surface area contributed by atoms with E-state index in [4.69, 9.17) is 9.47 Å². The normalized spacial score (nSPS) is 10.3. The van der Waals surface area contributed by atoms with Gasteiger partial charge in [-0.3, -0.25) is 0 Å². The maximum Gasteiger partial charge on any atom is 0.223 e. The predicted octanol–water partition coefficient (Wildman–Crippen LogP) is 3.38. The van der Waals surface area contributed by atoms with Crippen LogP contribution in [-0.4, -0.2) is 18.1 Å². The molecule has 0 amide bonds. The molecule has 2 aromatic rings. The Bertz CT molecular complexity index is 544. The highest BCUT2D eigenvalue weighted by Crippen LogP contribution is 2.31. The molecular weight excluding hydrogens is 252 g/mol. The van der Waals surface area contributed by atoms with Crippen molar-refractivity contribution in [2.24, 2.45) is 0 Å². The maximum absolute atomic E-state index is 5.91. The van der Waals surface area contributed by atoms with E-state index in [1.807, 2.05) is 43.3 Å². The van der Waals surface area contributed by atoms with Crippen molar-refractivity contribution in [2.75, 3.05) is 13.2 Å². The van der Waals surface area contributed by atoms with Gasteiger partial charge in [-0.15, -0.1) is 0 Å². The third-order valence-electron chi connectivity index (χ3n) is 2.77. The monoisotopic (exact) mass is 272 g/mol. The summed E-state index contributed by atoms with van der Waals surface area (Å²) in [5.41, 5.74) is 1.03. The summed E-state index contributed by atoms with van der Waals surface area (Å²) in [5, 5.41) is 3.28. The zero-order chi connectivity index (χ0) is 14.2. The summed E-state index contributed by atoms with van der Waals surface area (Å²) in [7, 11) is 0. The summed E-state index contributed by atoms with van der Waals surface area (Å²) in [6, 6.07) is 11.5. The summed E-state index contributed by atoms with van der Waals surface area (Å²) in [6.45, 7) is 6.27. The van der Waals surface area contributed by atoms with Crippen molar-refractivity contribution in [2.45, 2.75) is 20.4 Å². The van der Waals surface area contributed by atoms with E-state index < -0.39 is 0 Å². The lowest BCUT2D eigenvalue weighted by molar-refractivity contribution is 0.319. The fourth-order valence-corrected chi connectivity index (χ4v) is 1.82. The Labute approximate surface area is 119 Å². The lowest BCUT2D eigenvalue weighted by Crippen LogP contribution is -2.12. The average Bonchev–Trinajstić information content (AvgIpc) is 2.49. The lowest BCUT2D eigenvalue weighted by atomic mass is 10.2. The number of hydrogen-bond donors (Lipinski definition) is 1. The van der Waals surface area contributed by atoms with Gasteiger partial charge in [0.2, 0.25) is 5.88 Å². The minimum absolute atomic E-state index is 0.604. The van der Waals surface area contributed by atoms with Gasteiger partial charge in [-0.25, -0.2) is 4.98 Å². The SMILES string of the molecule is CCNCc1cccnc1Oc1ccccc1OCC. The molecule has 2 rings (SSSR count). The highest BCUT2D eigenvalue weighted by molar-refractivity contribution is 5.42. The molecule has 4 nitrogen and oxygen atoms in total. The fraction of sp³-hybridized carbons (Fsp3) is 0.312. The molecule has 0 atom stereocenters. The van der Waals surface area contributed by atoms with E-state index in [0.717, 1.165) is 24.4 Å². The van der Waals surface area contributed by atoms with Gasteiger partial charge in [0.05, 0.1) is 6.61 Å². The second-order valence-electron chi connectivity index (χ2n) is 4.23. The maximum atomic E-state index is 5.91. The molecule has 1 aromatic carbocycles. The highest BCUT2D eigenvalue weighted by Gasteiger charge is 2.09. The van der Waals surface area contributed by atoms with Crippen LogP contribution < -0.4 is 14.8 Å². The van der Waals surface area contributed by atoms with Crippen LogP contribution in [0.1, 0.15) is 19.4 Å². The second-order valence-corrected chi connectivity index (χ2v) is 4.23. The third kappa shape index (κ3) is 3.71. The van der Waals surface area contributed by atoms with Crippen molar-refractivity contribution in [3.63, 3.8) is 0 Å². The Morgan fingerprint density at radius 2 is 1.85 bits per heavy atom. The Morgan fingerprint density at radius 1 is 1.05 bits per heavy atom. The molecular formula is C16H20N2O2. The molecule has 1 heterocycles. The summed E-state index contributed by atoms with van der Waals surface area (Å²) in [5.74, 6) is 2.03. The molecule has 0 aliphatic heterocycles. The number of nitrogens with one attached hydrogen (secondary N) is 1. The minimum atomic E-state index is 0.604. The number of ether oxygens (including phenoxy) is 2. The van der Waals surface area contributed by atoms with E-state index in [1.165, 1.54) is 0 Å². The first-order chi connectivity index (χ1) is 9.85. The van der Waals surface area contributed by atoms with Crippen LogP contribution in [0.2, 0.25) is 0 Å². The van der Waals surface area contributed by atoms with E-state index in [1.54, 1.807) is 6.20 Å². The first-order valence-electron chi connectivity index (χ1n) is 6.89. The summed E-state index contributed by atoms with van der Waals surface area (Å²) >= 11 is 0. The number of rotatable bonds is 7. The molecule has 0 bridgehead atoms. The van der Waals surface area contributed by atoms with Crippen molar-refractivity contribution in [1.82, 2.24) is 10.3 Å². The Kier molecular flexibility index (Phi) is 5.38. The van der Waals surface area contributed by atoms with Crippen molar-refractivity contribution in [3.05, 3.63) is 48.2 Å². The molecule has 0 radical (unpaired) electrons. The Morgan fingerprint density at radius 3 is 2.60 bits per heavy atom. The largest absolute Gasteiger partial charge is 0.490 e. The molecule has 4 heteroatoms. The van der Waals surface area contributed by atoms with E-state index >= 15 is 0 Å². The highest BCUT2D eigenvalue weighted by atomic mass is 16.5. The van der Waals surface area contributed by atoms with Crippen LogP contribution in [0, 0.1) is 0 Å². The van der Waals surface area contributed by atoms with Gasteiger partial charge in [0.15, 0.2) is 11.5 Å². The van der Waals surface area contributed by atoms with Gasteiger partial charge in [-0.1, -0.05) is 25.1 Å². The number of pyridine rings is 1. The molecule has 0 unspecified atom stereocenters. The molecule has 1 aromatic heterocycles. The second kappa shape index (κ2) is 7.50. The van der Waals surface area contributed by atoms with Gasteiger partial charge < -0.3 is 14.8 Å². The Hall–Kier alpha value is -2.07. The number of hydrogen-bond acceptors (Lipinski definition) is 4. The van der Waals surface area contributed by atoms with Crippen LogP contribution in [0.25, 0.3) is 0 Å². The number of nitrogens with zero attached hydrogens (tertiary/aromatic N) is 1. The predicted molar refractivity (Wildman–Crippen MR) is 79.3 cm³/mol. The molecule has 0 aliphatic carbocycles. The first kappa shape index (κ1) is 14.3. The third-order valence-corrected chi connectivity index (χ3v) is 2.77. The van der Waals surface area contributed by atoms with Crippen LogP contribution in [0.5, 0.6) is 17.4 Å². The molecule has 0 aliphatic rings. The number of benzene rings is 1. The van der Waals surface area contributed by atoms with Crippen molar-refractivity contribution in [3.8, 4) is 17.4 Å². The first-order valence-corrected chi connectivity index (χ1v) is 6.89. The fourth-order valence-electron chi connectivity index (χ4n) is 1.82. The van der Waals surface area contributed by atoms with Crippen molar-refractivity contribution < 1.29 is 9.47 Å². The van der Waals surface area contributed by atoms with Gasteiger partial charge in [0, 0.05) is 18.3 Å². The zero-order valence-electron chi connectivity index (χ0n) is 11.9. The van der Waals surface area contributed by atoms with Crippen LogP contribution in [-0.2, 0) is 6.54 Å². The quantitative estimate of drug-likeness (QED) is 0.839. The minimum Gasteiger partial charge on any atom is -0.490 e. The van der Waals surface area contributed by atoms with Crippen molar-refractivity contribution in [1.29, 1.82) is 0 Å². The van der Waals surface area contributed by atoms with Gasteiger partial charge >= 0.3 is 0 Å². The van der Waals surface area contributed by atoms with E-state index in [2.05, 4.69) is 17.2 Å². The summed E-state index contributed by atoms with van der Waals surface area (Å²) < 4.78 is 11.5.